The number of fused-ring (bicyclic) bond motifs is 3. The van der Waals surface area contributed by atoms with E-state index in [0.717, 1.165) is 27.0 Å². The number of benzene rings is 2. The van der Waals surface area contributed by atoms with Gasteiger partial charge in [-0.1, -0.05) is 45.7 Å². The van der Waals surface area contributed by atoms with E-state index >= 15 is 0 Å². The molecule has 1 aliphatic rings. The smallest absolute Gasteiger partial charge is 0.304 e. The van der Waals surface area contributed by atoms with Crippen LogP contribution in [0.1, 0.15) is 35.8 Å². The highest BCUT2D eigenvalue weighted by Crippen LogP contribution is 2.34. The summed E-state index contributed by atoms with van der Waals surface area (Å²) in [5.41, 5.74) is 3.98. The van der Waals surface area contributed by atoms with Crippen molar-refractivity contribution in [2.24, 2.45) is 4.99 Å². The SMILES string of the molecule is CC(=O)OC1N=C(c2ccccc2Cl)c2cc(Br)ccc2-n2cc(C)nc21. The quantitative estimate of drug-likeness (QED) is 0.522. The molecule has 5 nitrogen and oxygen atoms in total. The lowest BCUT2D eigenvalue weighted by Gasteiger charge is -2.13. The van der Waals surface area contributed by atoms with Gasteiger partial charge in [-0.05, 0) is 31.2 Å². The first-order valence-corrected chi connectivity index (χ1v) is 9.47. The van der Waals surface area contributed by atoms with Gasteiger partial charge in [-0.15, -0.1) is 0 Å². The van der Waals surface area contributed by atoms with Crippen molar-refractivity contribution in [3.63, 3.8) is 0 Å². The van der Waals surface area contributed by atoms with E-state index in [-0.39, 0.29) is 0 Å². The monoisotopic (exact) mass is 443 g/mol. The Morgan fingerprint density at radius 2 is 2.00 bits per heavy atom. The van der Waals surface area contributed by atoms with E-state index in [4.69, 9.17) is 21.3 Å². The fourth-order valence-electron chi connectivity index (χ4n) is 3.14. The van der Waals surface area contributed by atoms with Crippen LogP contribution in [0.4, 0.5) is 0 Å². The second-order valence-corrected chi connectivity index (χ2v) is 7.51. The number of aromatic nitrogens is 2. The Kier molecular flexibility index (Phi) is 4.61. The number of rotatable bonds is 2. The number of aryl methyl sites for hydroxylation is 1. The fourth-order valence-corrected chi connectivity index (χ4v) is 3.73. The van der Waals surface area contributed by atoms with Gasteiger partial charge in [0.15, 0.2) is 5.82 Å². The molecule has 27 heavy (non-hydrogen) atoms. The van der Waals surface area contributed by atoms with Crippen LogP contribution in [-0.4, -0.2) is 21.2 Å². The lowest BCUT2D eigenvalue weighted by molar-refractivity contribution is -0.146. The van der Waals surface area contributed by atoms with Crippen molar-refractivity contribution in [1.29, 1.82) is 0 Å². The summed E-state index contributed by atoms with van der Waals surface area (Å²) in [6, 6.07) is 13.4. The molecule has 1 unspecified atom stereocenters. The lowest BCUT2D eigenvalue weighted by Crippen LogP contribution is -2.12. The standard InChI is InChI=1S/C20H15BrClN3O2/c1-11-10-25-17-8-7-13(21)9-15(17)18(14-5-3-4-6-16(14)22)24-20(19(25)23-11)27-12(2)26/h3-10,20H,1-2H3. The third-order valence-corrected chi connectivity index (χ3v) is 5.02. The molecule has 1 atom stereocenters. The molecule has 7 heteroatoms. The lowest BCUT2D eigenvalue weighted by atomic mass is 10.0. The van der Waals surface area contributed by atoms with Gasteiger partial charge >= 0.3 is 5.97 Å². The number of hydrogen-bond donors (Lipinski definition) is 0. The number of imidazole rings is 1. The zero-order valence-corrected chi connectivity index (χ0v) is 17.0. The van der Waals surface area contributed by atoms with E-state index in [0.29, 0.717) is 16.6 Å². The van der Waals surface area contributed by atoms with Gasteiger partial charge in [-0.3, -0.25) is 9.36 Å². The summed E-state index contributed by atoms with van der Waals surface area (Å²) >= 11 is 10.00. The number of esters is 1. The first kappa shape index (κ1) is 17.9. The average molecular weight is 445 g/mol. The third kappa shape index (κ3) is 3.31. The van der Waals surface area contributed by atoms with Crippen LogP contribution in [0, 0.1) is 6.92 Å². The maximum absolute atomic E-state index is 11.7. The molecule has 136 valence electrons. The van der Waals surface area contributed by atoms with Crippen LogP contribution < -0.4 is 0 Å². The van der Waals surface area contributed by atoms with Crippen LogP contribution in [0.2, 0.25) is 5.02 Å². The van der Waals surface area contributed by atoms with Crippen molar-refractivity contribution in [1.82, 2.24) is 9.55 Å². The molecular weight excluding hydrogens is 430 g/mol. The molecule has 1 aliphatic heterocycles. The highest BCUT2D eigenvalue weighted by Gasteiger charge is 2.29. The first-order valence-electron chi connectivity index (χ1n) is 8.30. The summed E-state index contributed by atoms with van der Waals surface area (Å²) in [5.74, 6) is 0.120. The van der Waals surface area contributed by atoms with Crippen LogP contribution in [0.3, 0.4) is 0 Å². The second-order valence-electron chi connectivity index (χ2n) is 6.19. The average Bonchev–Trinajstić information content (AvgIpc) is 2.96. The largest absolute Gasteiger partial charge is 0.432 e. The van der Waals surface area contributed by atoms with Crippen molar-refractivity contribution < 1.29 is 9.53 Å². The normalized spacial score (nSPS) is 15.4. The van der Waals surface area contributed by atoms with E-state index in [1.807, 2.05) is 60.2 Å². The molecule has 3 aromatic rings. The van der Waals surface area contributed by atoms with Gasteiger partial charge in [0, 0.05) is 33.7 Å². The molecule has 4 rings (SSSR count). The Hall–Kier alpha value is -2.44. The zero-order chi connectivity index (χ0) is 19.1. The Morgan fingerprint density at radius 1 is 1.22 bits per heavy atom. The van der Waals surface area contributed by atoms with Crippen LogP contribution in [0.15, 0.2) is 58.1 Å². The number of aliphatic imine (C=N–C) groups is 1. The van der Waals surface area contributed by atoms with E-state index in [1.165, 1.54) is 6.92 Å². The highest BCUT2D eigenvalue weighted by molar-refractivity contribution is 9.10. The molecule has 0 radical (unpaired) electrons. The highest BCUT2D eigenvalue weighted by atomic mass is 79.9. The van der Waals surface area contributed by atoms with Crippen LogP contribution in [0.5, 0.6) is 0 Å². The van der Waals surface area contributed by atoms with Crippen molar-refractivity contribution >= 4 is 39.2 Å². The Labute approximate surface area is 169 Å². The summed E-state index contributed by atoms with van der Waals surface area (Å²) in [7, 11) is 0. The van der Waals surface area contributed by atoms with Crippen molar-refractivity contribution in [3.8, 4) is 5.69 Å². The third-order valence-electron chi connectivity index (χ3n) is 4.20. The molecule has 0 spiro atoms. The Morgan fingerprint density at radius 3 is 2.74 bits per heavy atom. The number of carbonyl (C=O) groups excluding carboxylic acids is 1. The number of hydrogen-bond acceptors (Lipinski definition) is 4. The second kappa shape index (κ2) is 6.94. The number of ether oxygens (including phenoxy) is 1. The van der Waals surface area contributed by atoms with E-state index < -0.39 is 12.2 Å². The molecule has 0 saturated heterocycles. The number of carbonyl (C=O) groups is 1. The summed E-state index contributed by atoms with van der Waals surface area (Å²) in [6.45, 7) is 3.25. The predicted octanol–water partition coefficient (Wildman–Crippen LogP) is 5.01. The van der Waals surface area contributed by atoms with E-state index in [9.17, 15) is 4.79 Å². The van der Waals surface area contributed by atoms with Crippen molar-refractivity contribution in [3.05, 3.63) is 80.8 Å². The zero-order valence-electron chi connectivity index (χ0n) is 14.6. The van der Waals surface area contributed by atoms with Crippen LogP contribution >= 0.6 is 27.5 Å². The fraction of sp³-hybridized carbons (Fsp3) is 0.150. The van der Waals surface area contributed by atoms with E-state index in [1.54, 1.807) is 0 Å². The number of nitrogens with zero attached hydrogens (tertiary/aromatic N) is 3. The molecular formula is C20H15BrClN3O2. The van der Waals surface area contributed by atoms with Gasteiger partial charge in [-0.25, -0.2) is 9.98 Å². The Balaban J connectivity index is 2.05. The molecule has 0 aliphatic carbocycles. The summed E-state index contributed by atoms with van der Waals surface area (Å²) in [6.07, 6.45) is 1.04. The van der Waals surface area contributed by atoms with Gasteiger partial charge in [-0.2, -0.15) is 0 Å². The van der Waals surface area contributed by atoms with Gasteiger partial charge in [0.05, 0.1) is 17.1 Å². The molecule has 0 fully saturated rings. The molecule has 0 saturated carbocycles. The molecule has 2 heterocycles. The first-order chi connectivity index (χ1) is 12.9. The van der Waals surface area contributed by atoms with Crippen LogP contribution in [0.25, 0.3) is 5.69 Å². The van der Waals surface area contributed by atoms with E-state index in [2.05, 4.69) is 20.9 Å². The molecule has 1 aromatic heterocycles. The van der Waals surface area contributed by atoms with Crippen molar-refractivity contribution in [2.45, 2.75) is 20.1 Å². The molecule has 2 aromatic carbocycles. The molecule has 0 bridgehead atoms. The minimum Gasteiger partial charge on any atom is -0.432 e. The van der Waals surface area contributed by atoms with Gasteiger partial charge in [0.1, 0.15) is 0 Å². The minimum absolute atomic E-state index is 0.429. The maximum Gasteiger partial charge on any atom is 0.304 e. The van der Waals surface area contributed by atoms with Crippen LogP contribution in [-0.2, 0) is 9.53 Å². The number of halogens is 2. The Bertz CT molecular complexity index is 1090. The summed E-state index contributed by atoms with van der Waals surface area (Å²) in [4.78, 5) is 21.0. The molecule has 0 amide bonds. The van der Waals surface area contributed by atoms with Gasteiger partial charge in [0.25, 0.3) is 6.23 Å². The van der Waals surface area contributed by atoms with Gasteiger partial charge in [0.2, 0.25) is 0 Å². The topological polar surface area (TPSA) is 56.5 Å². The van der Waals surface area contributed by atoms with Crippen molar-refractivity contribution in [2.75, 3.05) is 0 Å². The molecule has 0 N–H and O–H groups in total. The summed E-state index contributed by atoms with van der Waals surface area (Å²) < 4.78 is 8.32. The minimum atomic E-state index is -0.867. The predicted molar refractivity (Wildman–Crippen MR) is 108 cm³/mol. The van der Waals surface area contributed by atoms with Gasteiger partial charge < -0.3 is 4.74 Å². The maximum atomic E-state index is 11.7. The summed E-state index contributed by atoms with van der Waals surface area (Å²) in [5, 5.41) is 0.569.